The normalized spacial score (nSPS) is 23.8. The lowest BCUT2D eigenvalue weighted by molar-refractivity contribution is -0.142. The highest BCUT2D eigenvalue weighted by atomic mass is 19.4. The lowest BCUT2D eigenvalue weighted by Gasteiger charge is -2.34. The largest absolute Gasteiger partial charge is 0.478 e. The number of carbonyl (C=O) groups is 2. The van der Waals surface area contributed by atoms with Gasteiger partial charge < -0.3 is 14.7 Å². The van der Waals surface area contributed by atoms with E-state index in [0.29, 0.717) is 31.2 Å². The van der Waals surface area contributed by atoms with Crippen LogP contribution < -0.4 is 0 Å². The van der Waals surface area contributed by atoms with Gasteiger partial charge >= 0.3 is 12.1 Å². The number of piperidine rings is 1. The second-order valence-electron chi connectivity index (χ2n) is 9.63. The Morgan fingerprint density at radius 2 is 1.76 bits per heavy atom. The molecule has 1 spiro atoms. The van der Waals surface area contributed by atoms with E-state index in [4.69, 9.17) is 4.74 Å². The third kappa shape index (κ3) is 4.19. The summed E-state index contributed by atoms with van der Waals surface area (Å²) in [5, 5.41) is 9.22. The van der Waals surface area contributed by atoms with Crippen molar-refractivity contribution in [2.45, 2.75) is 50.3 Å². The van der Waals surface area contributed by atoms with Crippen molar-refractivity contribution >= 4 is 11.9 Å². The Kier molecular flexibility index (Phi) is 5.67. The summed E-state index contributed by atoms with van der Waals surface area (Å²) in [5.74, 6) is -0.845. The summed E-state index contributed by atoms with van der Waals surface area (Å²) >= 11 is 0. The van der Waals surface area contributed by atoms with Crippen LogP contribution in [0.1, 0.15) is 59.5 Å². The number of nitrogens with zero attached hydrogens (tertiary/aromatic N) is 1. The van der Waals surface area contributed by atoms with Crippen LogP contribution in [0.2, 0.25) is 0 Å². The topological polar surface area (TPSA) is 66.8 Å². The monoisotopic (exact) mass is 473 g/mol. The fourth-order valence-corrected chi connectivity index (χ4v) is 5.58. The molecule has 1 N–H and O–H groups in total. The number of hydrogen-bond acceptors (Lipinski definition) is 3. The van der Waals surface area contributed by atoms with Gasteiger partial charge in [-0.1, -0.05) is 24.3 Å². The van der Waals surface area contributed by atoms with Crippen LogP contribution in [0.3, 0.4) is 0 Å². The van der Waals surface area contributed by atoms with E-state index in [9.17, 15) is 27.9 Å². The number of carboxylic acids is 1. The molecule has 2 aromatic carbocycles. The molecule has 3 fully saturated rings. The Balaban J connectivity index is 1.29. The fourth-order valence-electron chi connectivity index (χ4n) is 5.58. The van der Waals surface area contributed by atoms with Gasteiger partial charge in [0.15, 0.2) is 0 Å². The number of hydrogen-bond donors (Lipinski definition) is 1. The third-order valence-corrected chi connectivity index (χ3v) is 7.66. The Morgan fingerprint density at radius 3 is 2.35 bits per heavy atom. The maximum absolute atomic E-state index is 13.5. The van der Waals surface area contributed by atoms with E-state index < -0.39 is 17.7 Å². The van der Waals surface area contributed by atoms with Gasteiger partial charge in [0.1, 0.15) is 6.10 Å². The highest BCUT2D eigenvalue weighted by Gasteiger charge is 2.55. The molecule has 2 atom stereocenters. The van der Waals surface area contributed by atoms with Crippen LogP contribution >= 0.6 is 0 Å². The summed E-state index contributed by atoms with van der Waals surface area (Å²) in [4.78, 5) is 25.8. The molecule has 2 aliphatic heterocycles. The average molecular weight is 473 g/mol. The second kappa shape index (κ2) is 8.41. The molecule has 0 aromatic heterocycles. The smallest absolute Gasteiger partial charge is 0.417 e. The van der Waals surface area contributed by atoms with Crippen molar-refractivity contribution in [1.82, 2.24) is 4.90 Å². The number of alkyl halides is 3. The molecule has 0 unspecified atom stereocenters. The Bertz CT molecular complexity index is 1100. The molecule has 2 heterocycles. The summed E-state index contributed by atoms with van der Waals surface area (Å²) in [5.41, 5.74) is 0.394. The molecule has 0 radical (unpaired) electrons. The lowest BCUT2D eigenvalue weighted by atomic mass is 9.88. The number of aromatic carboxylic acids is 1. The zero-order chi connectivity index (χ0) is 24.1. The average Bonchev–Trinajstić information content (AvgIpc) is 3.24. The van der Waals surface area contributed by atoms with Gasteiger partial charge in [-0.3, -0.25) is 4.79 Å². The number of carbonyl (C=O) groups excluding carboxylic acids is 1. The highest BCUT2D eigenvalue weighted by molar-refractivity contribution is 5.90. The lowest BCUT2D eigenvalue weighted by Crippen LogP contribution is -2.44. The van der Waals surface area contributed by atoms with E-state index in [1.165, 1.54) is 0 Å². The minimum atomic E-state index is -4.58. The first-order chi connectivity index (χ1) is 16.2. The molecule has 2 aromatic rings. The first-order valence-corrected chi connectivity index (χ1v) is 11.6. The number of amides is 1. The van der Waals surface area contributed by atoms with Crippen molar-refractivity contribution in [2.75, 3.05) is 19.7 Å². The van der Waals surface area contributed by atoms with Crippen LogP contribution in [0.15, 0.2) is 42.5 Å². The number of halogens is 3. The molecule has 1 aliphatic carbocycles. The summed E-state index contributed by atoms with van der Waals surface area (Å²) < 4.78 is 46.1. The zero-order valence-electron chi connectivity index (χ0n) is 18.6. The van der Waals surface area contributed by atoms with Crippen molar-refractivity contribution in [3.05, 3.63) is 59.2 Å². The Labute approximate surface area is 195 Å². The minimum Gasteiger partial charge on any atom is -0.478 e. The second-order valence-corrected chi connectivity index (χ2v) is 9.63. The first kappa shape index (κ1) is 22.9. The van der Waals surface area contributed by atoms with Gasteiger partial charge in [0.2, 0.25) is 0 Å². The van der Waals surface area contributed by atoms with Gasteiger partial charge in [0, 0.05) is 19.7 Å². The van der Waals surface area contributed by atoms with Crippen molar-refractivity contribution in [1.29, 1.82) is 0 Å². The van der Waals surface area contributed by atoms with E-state index in [2.05, 4.69) is 0 Å². The molecule has 8 heteroatoms. The van der Waals surface area contributed by atoms with Gasteiger partial charge in [0.05, 0.1) is 11.1 Å². The zero-order valence-corrected chi connectivity index (χ0v) is 18.6. The summed E-state index contributed by atoms with van der Waals surface area (Å²) in [6.07, 6.45) is -0.319. The van der Waals surface area contributed by atoms with Crippen molar-refractivity contribution in [2.24, 2.45) is 5.41 Å². The molecule has 1 amide bonds. The van der Waals surface area contributed by atoms with Gasteiger partial charge in [-0.15, -0.1) is 0 Å². The molecular weight excluding hydrogens is 447 g/mol. The summed E-state index contributed by atoms with van der Waals surface area (Å²) in [6, 6.07) is 9.89. The highest BCUT2D eigenvalue weighted by Crippen LogP contribution is 2.65. The molecule has 1 saturated carbocycles. The Hall–Kier alpha value is -2.87. The van der Waals surface area contributed by atoms with Crippen LogP contribution in [0.4, 0.5) is 13.2 Å². The summed E-state index contributed by atoms with van der Waals surface area (Å²) in [6.45, 7) is 2.08. The van der Waals surface area contributed by atoms with Crippen molar-refractivity contribution < 1.29 is 32.6 Å². The molecule has 5 rings (SSSR count). The third-order valence-electron chi connectivity index (χ3n) is 7.66. The van der Waals surface area contributed by atoms with Gasteiger partial charge in [-0.2, -0.15) is 13.2 Å². The predicted octanol–water partition coefficient (Wildman–Crippen LogP) is 5.35. The number of carboxylic acid groups (broad SMARTS) is 1. The van der Waals surface area contributed by atoms with Crippen LogP contribution in [-0.4, -0.2) is 47.7 Å². The van der Waals surface area contributed by atoms with E-state index in [0.717, 1.165) is 55.9 Å². The van der Waals surface area contributed by atoms with E-state index in [-0.39, 0.29) is 28.6 Å². The number of likely N-dealkylation sites (tertiary alicyclic amines) is 1. The van der Waals surface area contributed by atoms with Gasteiger partial charge in [-0.05, 0) is 78.3 Å². The van der Waals surface area contributed by atoms with Gasteiger partial charge in [-0.25, -0.2) is 4.79 Å². The molecular formula is C26H26F3NO4. The number of ether oxygens (including phenoxy) is 1. The number of benzene rings is 2. The maximum Gasteiger partial charge on any atom is 0.417 e. The van der Waals surface area contributed by atoms with E-state index in [1.807, 2.05) is 17.0 Å². The van der Waals surface area contributed by atoms with Crippen LogP contribution in [0, 0.1) is 5.41 Å². The van der Waals surface area contributed by atoms with Gasteiger partial charge in [0.25, 0.3) is 5.91 Å². The van der Waals surface area contributed by atoms with E-state index >= 15 is 0 Å². The van der Waals surface area contributed by atoms with Crippen molar-refractivity contribution in [3.8, 4) is 11.1 Å². The van der Waals surface area contributed by atoms with E-state index in [1.54, 1.807) is 12.1 Å². The Morgan fingerprint density at radius 1 is 1.06 bits per heavy atom. The molecule has 3 aliphatic rings. The van der Waals surface area contributed by atoms with Crippen LogP contribution in [-0.2, 0) is 15.7 Å². The summed E-state index contributed by atoms with van der Waals surface area (Å²) in [7, 11) is 0. The molecule has 0 bridgehead atoms. The quantitative estimate of drug-likeness (QED) is 0.651. The van der Waals surface area contributed by atoms with Crippen molar-refractivity contribution in [3.63, 3.8) is 0 Å². The standard InChI is InChI=1S/C26H26F3NO4/c27-26(28,29)20-8-7-18(24(32)33)14-19(20)16-3-5-17(6-4-16)21-15-25(21)9-11-30(12-10-25)23(31)22-2-1-13-34-22/h3-8,14,21-22H,1-2,9-13,15H2,(H,32,33)/t21-,22-/m1/s1. The molecule has 34 heavy (non-hydrogen) atoms. The van der Waals surface area contributed by atoms with Crippen LogP contribution in [0.25, 0.3) is 11.1 Å². The molecule has 5 nitrogen and oxygen atoms in total. The SMILES string of the molecule is O=C(O)c1ccc(C(F)(F)F)c(-c2ccc([C@H]3CC34CCN(C(=O)[C@H]3CCCO3)CC4)cc2)c1. The fraction of sp³-hybridized carbons (Fsp3) is 0.462. The predicted molar refractivity (Wildman–Crippen MR) is 118 cm³/mol. The molecule has 180 valence electrons. The maximum atomic E-state index is 13.5. The first-order valence-electron chi connectivity index (χ1n) is 11.6. The minimum absolute atomic E-state index is 0.0953. The number of rotatable bonds is 4. The van der Waals surface area contributed by atoms with Crippen LogP contribution in [0.5, 0.6) is 0 Å². The molecule has 2 saturated heterocycles.